The lowest BCUT2D eigenvalue weighted by Crippen LogP contribution is -2.29. The number of hydrogen-bond acceptors (Lipinski definition) is 5. The fraction of sp³-hybridized carbons (Fsp3) is 0.350. The molecule has 2 aromatic carbocycles. The molecule has 0 fully saturated rings. The summed E-state index contributed by atoms with van der Waals surface area (Å²) in [6, 6.07) is 15.7. The lowest BCUT2D eigenvalue weighted by molar-refractivity contribution is 0.0960. The quantitative estimate of drug-likeness (QED) is 0.457. The van der Waals surface area contributed by atoms with Crippen LogP contribution in [0.25, 0.3) is 0 Å². The Morgan fingerprint density at radius 2 is 1.48 bits per heavy atom. The Morgan fingerprint density at radius 1 is 0.926 bits per heavy atom. The minimum Gasteiger partial charge on any atom is -0.361 e. The number of hydrogen-bond donors (Lipinski definition) is 0. The van der Waals surface area contributed by atoms with Gasteiger partial charge in [0.2, 0.25) is 0 Å². The highest BCUT2D eigenvalue weighted by molar-refractivity contribution is 7.90. The summed E-state index contributed by atoms with van der Waals surface area (Å²) < 4.78 is 39.7. The summed E-state index contributed by atoms with van der Waals surface area (Å²) in [5, 5.41) is 0. The van der Waals surface area contributed by atoms with Gasteiger partial charge in [0.1, 0.15) is 13.5 Å². The minimum atomic E-state index is -3.72. The molecular formula is C20H26N2O4S. The second-order valence-corrected chi connectivity index (χ2v) is 7.40. The molecule has 0 aliphatic rings. The first-order valence-electron chi connectivity index (χ1n) is 8.85. The monoisotopic (exact) mass is 390 g/mol. The van der Waals surface area contributed by atoms with E-state index < -0.39 is 10.0 Å². The number of benzene rings is 2. The van der Waals surface area contributed by atoms with Crippen LogP contribution in [0.2, 0.25) is 0 Å². The van der Waals surface area contributed by atoms with Crippen LogP contribution in [-0.4, -0.2) is 40.8 Å². The van der Waals surface area contributed by atoms with Crippen LogP contribution in [0.5, 0.6) is 0 Å². The number of ether oxygens (including phenoxy) is 2. The maximum Gasteiger partial charge on any atom is 0.282 e. The Kier molecular flexibility index (Phi) is 7.97. The van der Waals surface area contributed by atoms with Crippen LogP contribution in [0.4, 0.5) is 5.69 Å². The van der Waals surface area contributed by atoms with E-state index in [1.807, 2.05) is 43.0 Å². The lowest BCUT2D eigenvalue weighted by Gasteiger charge is -2.24. The molecule has 0 saturated heterocycles. The number of nitrogens with zero attached hydrogens (tertiary/aromatic N) is 2. The molecule has 6 nitrogen and oxygen atoms in total. The molecule has 0 bridgehead atoms. The molecule has 0 heterocycles. The van der Waals surface area contributed by atoms with E-state index in [1.165, 1.54) is 12.1 Å². The van der Waals surface area contributed by atoms with Gasteiger partial charge in [-0.05, 0) is 50.6 Å². The van der Waals surface area contributed by atoms with Gasteiger partial charge < -0.3 is 14.4 Å². The van der Waals surface area contributed by atoms with Gasteiger partial charge in [0.05, 0.1) is 10.6 Å². The van der Waals surface area contributed by atoms with Crippen LogP contribution < -0.4 is 4.90 Å². The topological polar surface area (TPSA) is 68.2 Å². The Labute approximate surface area is 161 Å². The van der Waals surface area contributed by atoms with Gasteiger partial charge in [-0.2, -0.15) is 12.8 Å². The fourth-order valence-corrected chi connectivity index (χ4v) is 3.45. The molecule has 0 saturated carbocycles. The van der Waals surface area contributed by atoms with Gasteiger partial charge in [0.25, 0.3) is 10.0 Å². The van der Waals surface area contributed by atoms with Gasteiger partial charge in [-0.1, -0.05) is 30.3 Å². The Balaban J connectivity index is 2.19. The zero-order chi connectivity index (χ0) is 19.7. The molecule has 0 radical (unpaired) electrons. The standard InChI is InChI=1S/C20H26N2O4S/c1-4-25-15-22(16-26-5-2)19-13-11-18(12-14-19)17(3)21-27(23,24)20-9-7-6-8-10-20/h6-14H,4-5,15-16H2,1-3H3. The van der Waals surface area contributed by atoms with Crippen LogP contribution >= 0.6 is 0 Å². The molecule has 0 aromatic heterocycles. The summed E-state index contributed by atoms with van der Waals surface area (Å²) in [5.74, 6) is 0. The molecule has 0 atom stereocenters. The first kappa shape index (κ1) is 21.1. The van der Waals surface area contributed by atoms with Gasteiger partial charge in [0, 0.05) is 18.9 Å². The first-order chi connectivity index (χ1) is 13.0. The normalized spacial score (nSPS) is 12.2. The van der Waals surface area contributed by atoms with Gasteiger partial charge in [-0.15, -0.1) is 0 Å². The third-order valence-corrected chi connectivity index (χ3v) is 5.23. The highest BCUT2D eigenvalue weighted by atomic mass is 32.2. The largest absolute Gasteiger partial charge is 0.361 e. The van der Waals surface area contributed by atoms with E-state index in [1.54, 1.807) is 25.1 Å². The minimum absolute atomic E-state index is 0.181. The van der Waals surface area contributed by atoms with Crippen LogP contribution in [0.3, 0.4) is 0 Å². The van der Waals surface area contributed by atoms with Crippen molar-refractivity contribution < 1.29 is 17.9 Å². The zero-order valence-corrected chi connectivity index (χ0v) is 16.8. The third kappa shape index (κ3) is 6.16. The van der Waals surface area contributed by atoms with Crippen LogP contribution in [0.1, 0.15) is 26.3 Å². The summed E-state index contributed by atoms with van der Waals surface area (Å²) in [6.07, 6.45) is 0. The summed E-state index contributed by atoms with van der Waals surface area (Å²) in [5.41, 5.74) is 2.11. The summed E-state index contributed by atoms with van der Waals surface area (Å²) in [6.45, 7) is 7.64. The van der Waals surface area contributed by atoms with Crippen LogP contribution in [-0.2, 0) is 19.5 Å². The lowest BCUT2D eigenvalue weighted by atomic mass is 10.1. The van der Waals surface area contributed by atoms with Gasteiger partial charge in [-0.3, -0.25) is 0 Å². The van der Waals surface area contributed by atoms with Crippen molar-refractivity contribution in [3.8, 4) is 0 Å². The fourth-order valence-electron chi connectivity index (χ4n) is 2.38. The second-order valence-electron chi connectivity index (χ2n) is 5.80. The SMILES string of the molecule is CCOCN(COCC)c1ccc(C(C)=NS(=O)(=O)c2ccccc2)cc1. The Morgan fingerprint density at radius 3 is 2.00 bits per heavy atom. The average molecular weight is 391 g/mol. The third-order valence-electron chi connectivity index (χ3n) is 3.85. The van der Waals surface area contributed by atoms with Crippen molar-refractivity contribution in [3.05, 3.63) is 60.2 Å². The number of anilines is 1. The number of sulfonamides is 1. The predicted molar refractivity (Wildman–Crippen MR) is 108 cm³/mol. The van der Waals surface area contributed by atoms with E-state index in [0.29, 0.717) is 32.4 Å². The average Bonchev–Trinajstić information content (AvgIpc) is 2.68. The van der Waals surface area contributed by atoms with E-state index in [4.69, 9.17) is 9.47 Å². The molecular weight excluding hydrogens is 364 g/mol. The van der Waals surface area contributed by atoms with Crippen LogP contribution in [0.15, 0.2) is 63.9 Å². The second kappa shape index (κ2) is 10.2. The molecule has 0 aliphatic carbocycles. The van der Waals surface area contributed by atoms with Crippen molar-refractivity contribution in [2.45, 2.75) is 25.7 Å². The van der Waals surface area contributed by atoms with Crippen molar-refractivity contribution in [2.75, 3.05) is 31.6 Å². The van der Waals surface area contributed by atoms with Gasteiger partial charge >= 0.3 is 0 Å². The Hall–Kier alpha value is -2.22. The molecule has 27 heavy (non-hydrogen) atoms. The highest BCUT2D eigenvalue weighted by Gasteiger charge is 2.13. The molecule has 0 N–H and O–H groups in total. The van der Waals surface area contributed by atoms with E-state index in [9.17, 15) is 8.42 Å². The van der Waals surface area contributed by atoms with Gasteiger partial charge in [0.15, 0.2) is 0 Å². The molecule has 7 heteroatoms. The molecule has 2 aromatic rings. The van der Waals surface area contributed by atoms with Crippen molar-refractivity contribution >= 4 is 21.4 Å². The van der Waals surface area contributed by atoms with E-state index >= 15 is 0 Å². The molecule has 0 unspecified atom stereocenters. The number of rotatable bonds is 10. The maximum absolute atomic E-state index is 12.4. The molecule has 146 valence electrons. The maximum atomic E-state index is 12.4. The summed E-state index contributed by atoms with van der Waals surface area (Å²) >= 11 is 0. The summed E-state index contributed by atoms with van der Waals surface area (Å²) in [4.78, 5) is 2.14. The van der Waals surface area contributed by atoms with Crippen LogP contribution in [0, 0.1) is 0 Å². The van der Waals surface area contributed by atoms with Gasteiger partial charge in [-0.25, -0.2) is 0 Å². The van der Waals surface area contributed by atoms with E-state index in [2.05, 4.69) is 4.40 Å². The molecule has 0 aliphatic heterocycles. The molecule has 0 amide bonds. The van der Waals surface area contributed by atoms with Crippen molar-refractivity contribution in [3.63, 3.8) is 0 Å². The van der Waals surface area contributed by atoms with E-state index in [-0.39, 0.29) is 4.90 Å². The van der Waals surface area contributed by atoms with Crippen molar-refractivity contribution in [2.24, 2.45) is 4.40 Å². The van der Waals surface area contributed by atoms with Crippen molar-refractivity contribution in [1.82, 2.24) is 0 Å². The zero-order valence-electron chi connectivity index (χ0n) is 16.0. The predicted octanol–water partition coefficient (Wildman–Crippen LogP) is 3.68. The summed E-state index contributed by atoms with van der Waals surface area (Å²) in [7, 11) is -3.72. The Bertz CT molecular complexity index is 826. The van der Waals surface area contributed by atoms with Crippen molar-refractivity contribution in [1.29, 1.82) is 0 Å². The first-order valence-corrected chi connectivity index (χ1v) is 10.3. The smallest absolute Gasteiger partial charge is 0.282 e. The highest BCUT2D eigenvalue weighted by Crippen LogP contribution is 2.18. The van der Waals surface area contributed by atoms with E-state index in [0.717, 1.165) is 11.3 Å². The molecule has 2 rings (SSSR count). The molecule has 0 spiro atoms.